The van der Waals surface area contributed by atoms with E-state index in [1.165, 1.54) is 0 Å². The Balaban J connectivity index is 1.31. The molecule has 1 saturated heterocycles. The standard InChI is InChI=1S/C31H33N5O2/c1-20-12-13-24-22(18-28(37)21-6-2-7-21)8-3-10-25(24)29(20)38-30-26(11-5-16-33-30)27-14-17-34-31(36-27)35-23-9-4-15-32-19-23/h3,5,8,10-14,16-17,21,23,32H,2,4,6-7,9,15,18-19H2,1H3,(H,34,35,36)/t23-/m0/s1. The SMILES string of the molecule is Cc1ccc2c(CC(=O)C3CCC3)cccc2c1Oc1ncccc1-c1ccnc(N[C@H]2CCCNC2)n1. The molecular formula is C31H33N5O2. The fraction of sp³-hybridized carbons (Fsp3) is 0.355. The first kappa shape index (κ1) is 24.5. The van der Waals surface area contributed by atoms with Crippen LogP contribution in [0.3, 0.4) is 0 Å². The second-order valence-electron chi connectivity index (χ2n) is 10.4. The zero-order chi connectivity index (χ0) is 25.9. The lowest BCUT2D eigenvalue weighted by Gasteiger charge is -2.24. The molecule has 194 valence electrons. The molecule has 0 amide bonds. The van der Waals surface area contributed by atoms with E-state index >= 15 is 0 Å². The van der Waals surface area contributed by atoms with Crippen LogP contribution in [0.2, 0.25) is 0 Å². The molecule has 2 fully saturated rings. The summed E-state index contributed by atoms with van der Waals surface area (Å²) < 4.78 is 6.55. The predicted octanol–water partition coefficient (Wildman–Crippen LogP) is 5.87. The summed E-state index contributed by atoms with van der Waals surface area (Å²) >= 11 is 0. The third kappa shape index (κ3) is 5.11. The zero-order valence-electron chi connectivity index (χ0n) is 21.7. The number of nitrogens with zero attached hydrogens (tertiary/aromatic N) is 3. The van der Waals surface area contributed by atoms with Gasteiger partial charge >= 0.3 is 0 Å². The highest BCUT2D eigenvalue weighted by atomic mass is 16.5. The van der Waals surface area contributed by atoms with E-state index in [2.05, 4.69) is 44.9 Å². The van der Waals surface area contributed by atoms with Crippen molar-refractivity contribution < 1.29 is 9.53 Å². The molecule has 0 radical (unpaired) electrons. The van der Waals surface area contributed by atoms with Crippen LogP contribution < -0.4 is 15.4 Å². The summed E-state index contributed by atoms with van der Waals surface area (Å²) in [5.41, 5.74) is 3.60. The fourth-order valence-corrected chi connectivity index (χ4v) is 5.36. The molecule has 2 aromatic carbocycles. The second kappa shape index (κ2) is 10.9. The van der Waals surface area contributed by atoms with Crippen molar-refractivity contribution in [3.05, 3.63) is 72.1 Å². The van der Waals surface area contributed by atoms with E-state index in [4.69, 9.17) is 9.72 Å². The monoisotopic (exact) mass is 507 g/mol. The van der Waals surface area contributed by atoms with Gasteiger partial charge in [0.05, 0.1) is 11.3 Å². The second-order valence-corrected chi connectivity index (χ2v) is 10.4. The third-order valence-corrected chi connectivity index (χ3v) is 7.76. The average molecular weight is 508 g/mol. The normalized spacial score (nSPS) is 17.7. The number of anilines is 1. The van der Waals surface area contributed by atoms with Crippen LogP contribution >= 0.6 is 0 Å². The van der Waals surface area contributed by atoms with Gasteiger partial charge in [-0.05, 0) is 73.9 Å². The average Bonchev–Trinajstić information content (AvgIpc) is 2.90. The Hall–Kier alpha value is -3.84. The number of ether oxygens (including phenoxy) is 1. The largest absolute Gasteiger partial charge is 0.437 e. The number of hydrogen-bond acceptors (Lipinski definition) is 7. The van der Waals surface area contributed by atoms with Gasteiger partial charge in [0.25, 0.3) is 0 Å². The molecule has 7 heteroatoms. The number of piperidine rings is 1. The molecule has 0 spiro atoms. The summed E-state index contributed by atoms with van der Waals surface area (Å²) in [5, 5.41) is 8.91. The summed E-state index contributed by atoms with van der Waals surface area (Å²) in [7, 11) is 0. The van der Waals surface area contributed by atoms with E-state index < -0.39 is 0 Å². The Morgan fingerprint density at radius 1 is 1.00 bits per heavy atom. The van der Waals surface area contributed by atoms with E-state index in [1.807, 2.05) is 31.2 Å². The van der Waals surface area contributed by atoms with Gasteiger partial charge in [0.1, 0.15) is 11.5 Å². The van der Waals surface area contributed by atoms with E-state index in [1.54, 1.807) is 12.4 Å². The molecule has 1 aliphatic heterocycles. The van der Waals surface area contributed by atoms with E-state index in [0.29, 0.717) is 30.1 Å². The number of aryl methyl sites for hydroxylation is 1. The van der Waals surface area contributed by atoms with Gasteiger partial charge in [0.2, 0.25) is 11.8 Å². The minimum absolute atomic E-state index is 0.226. The van der Waals surface area contributed by atoms with Gasteiger partial charge in [-0.2, -0.15) is 0 Å². The first-order valence-electron chi connectivity index (χ1n) is 13.6. The van der Waals surface area contributed by atoms with E-state index in [0.717, 1.165) is 84.1 Å². The van der Waals surface area contributed by atoms with Crippen LogP contribution in [0, 0.1) is 12.8 Å². The quantitative estimate of drug-likeness (QED) is 0.308. The van der Waals surface area contributed by atoms with Crippen molar-refractivity contribution >= 4 is 22.5 Å². The predicted molar refractivity (Wildman–Crippen MR) is 150 cm³/mol. The molecule has 2 aromatic heterocycles. The molecule has 1 atom stereocenters. The van der Waals surface area contributed by atoms with Gasteiger partial charge in [-0.3, -0.25) is 4.79 Å². The van der Waals surface area contributed by atoms with Crippen molar-refractivity contribution in [2.45, 2.75) is 51.5 Å². The molecule has 1 saturated carbocycles. The Kier molecular flexibility index (Phi) is 7.01. The van der Waals surface area contributed by atoms with Gasteiger partial charge in [0, 0.05) is 42.7 Å². The lowest BCUT2D eigenvalue weighted by Crippen LogP contribution is -2.38. The molecule has 2 aliphatic rings. The van der Waals surface area contributed by atoms with Gasteiger partial charge in [-0.15, -0.1) is 0 Å². The molecule has 1 aliphatic carbocycles. The molecule has 0 bridgehead atoms. The maximum atomic E-state index is 12.8. The molecule has 38 heavy (non-hydrogen) atoms. The Bertz CT molecular complexity index is 1460. The van der Waals surface area contributed by atoms with Crippen molar-refractivity contribution in [1.82, 2.24) is 20.3 Å². The minimum atomic E-state index is 0.226. The zero-order valence-corrected chi connectivity index (χ0v) is 21.7. The van der Waals surface area contributed by atoms with Gasteiger partial charge < -0.3 is 15.4 Å². The van der Waals surface area contributed by atoms with Crippen molar-refractivity contribution in [3.63, 3.8) is 0 Å². The Morgan fingerprint density at radius 2 is 1.92 bits per heavy atom. The lowest BCUT2D eigenvalue weighted by atomic mass is 9.80. The molecule has 4 aromatic rings. The van der Waals surface area contributed by atoms with E-state index in [-0.39, 0.29) is 5.92 Å². The van der Waals surface area contributed by atoms with Crippen LogP contribution in [0.5, 0.6) is 11.6 Å². The van der Waals surface area contributed by atoms with Crippen molar-refractivity contribution in [1.29, 1.82) is 0 Å². The number of fused-ring (bicyclic) bond motifs is 1. The van der Waals surface area contributed by atoms with Crippen molar-refractivity contribution in [3.8, 4) is 22.9 Å². The minimum Gasteiger partial charge on any atom is -0.437 e. The molecular weight excluding hydrogens is 474 g/mol. The number of benzene rings is 2. The van der Waals surface area contributed by atoms with E-state index in [9.17, 15) is 4.79 Å². The topological polar surface area (TPSA) is 89.0 Å². The van der Waals surface area contributed by atoms with Crippen LogP contribution in [-0.2, 0) is 11.2 Å². The Morgan fingerprint density at radius 3 is 2.74 bits per heavy atom. The van der Waals surface area contributed by atoms with Crippen LogP contribution in [0.25, 0.3) is 22.0 Å². The highest BCUT2D eigenvalue weighted by molar-refractivity contribution is 5.96. The lowest BCUT2D eigenvalue weighted by molar-refractivity contribution is -0.124. The first-order chi connectivity index (χ1) is 18.7. The number of aromatic nitrogens is 3. The third-order valence-electron chi connectivity index (χ3n) is 7.76. The highest BCUT2D eigenvalue weighted by Crippen LogP contribution is 2.38. The molecule has 6 rings (SSSR count). The number of nitrogens with one attached hydrogen (secondary N) is 2. The number of ketones is 1. The summed E-state index contributed by atoms with van der Waals surface area (Å²) in [5.74, 6) is 2.41. The van der Waals surface area contributed by atoms with Crippen molar-refractivity contribution in [2.24, 2.45) is 5.92 Å². The number of pyridine rings is 1. The summed E-state index contributed by atoms with van der Waals surface area (Å²) in [6, 6.07) is 16.3. The summed E-state index contributed by atoms with van der Waals surface area (Å²) in [6.45, 7) is 4.00. The highest BCUT2D eigenvalue weighted by Gasteiger charge is 2.25. The maximum Gasteiger partial charge on any atom is 0.228 e. The summed E-state index contributed by atoms with van der Waals surface area (Å²) in [4.78, 5) is 26.6. The van der Waals surface area contributed by atoms with Crippen LogP contribution in [0.1, 0.15) is 43.2 Å². The number of rotatable bonds is 8. The van der Waals surface area contributed by atoms with Gasteiger partial charge in [-0.25, -0.2) is 15.0 Å². The smallest absolute Gasteiger partial charge is 0.228 e. The maximum absolute atomic E-state index is 12.8. The number of Topliss-reactive ketones (excluding diaryl/α,β-unsaturated/α-hetero) is 1. The number of carbonyl (C=O) groups excluding carboxylic acids is 1. The fourth-order valence-electron chi connectivity index (χ4n) is 5.36. The molecule has 2 N–H and O–H groups in total. The van der Waals surface area contributed by atoms with Crippen LogP contribution in [0.4, 0.5) is 5.95 Å². The van der Waals surface area contributed by atoms with Crippen LogP contribution in [0.15, 0.2) is 60.9 Å². The van der Waals surface area contributed by atoms with Crippen LogP contribution in [-0.4, -0.2) is 39.9 Å². The Labute approximate surface area is 223 Å². The van der Waals surface area contributed by atoms with Crippen molar-refractivity contribution in [2.75, 3.05) is 18.4 Å². The van der Waals surface area contributed by atoms with Gasteiger partial charge in [0.15, 0.2) is 0 Å². The first-order valence-corrected chi connectivity index (χ1v) is 13.6. The molecule has 0 unspecified atom stereocenters. The number of carbonyl (C=O) groups is 1. The van der Waals surface area contributed by atoms with Gasteiger partial charge in [-0.1, -0.05) is 36.8 Å². The number of hydrogen-bond donors (Lipinski definition) is 2. The summed E-state index contributed by atoms with van der Waals surface area (Å²) in [6.07, 6.45) is 9.41. The molecule has 3 heterocycles. The molecule has 7 nitrogen and oxygen atoms in total.